The molecule has 0 saturated heterocycles. The molecular formula is C17H19F2N3O2. The molecule has 5 nitrogen and oxygen atoms in total. The summed E-state index contributed by atoms with van der Waals surface area (Å²) in [5.74, 6) is -2.00. The maximum Gasteiger partial charge on any atom is 0.272 e. The number of halogens is 2. The van der Waals surface area contributed by atoms with Crippen LogP contribution in [0.4, 0.5) is 8.78 Å². The van der Waals surface area contributed by atoms with Gasteiger partial charge >= 0.3 is 0 Å². The minimum atomic E-state index is -1.66. The number of nitrogens with one attached hydrogen (secondary N) is 2. The van der Waals surface area contributed by atoms with Crippen LogP contribution in [0.2, 0.25) is 0 Å². The van der Waals surface area contributed by atoms with Gasteiger partial charge in [-0.1, -0.05) is 6.07 Å². The van der Waals surface area contributed by atoms with Crippen molar-refractivity contribution in [2.45, 2.75) is 38.2 Å². The predicted octanol–water partition coefficient (Wildman–Crippen LogP) is 2.20. The average Bonchev–Trinajstić information content (AvgIpc) is 2.96. The van der Waals surface area contributed by atoms with E-state index in [0.29, 0.717) is 11.8 Å². The monoisotopic (exact) mass is 335 g/mol. The Kier molecular flexibility index (Phi) is 4.36. The van der Waals surface area contributed by atoms with E-state index >= 15 is 0 Å². The molecule has 1 heterocycles. The fourth-order valence-electron chi connectivity index (χ4n) is 3.03. The van der Waals surface area contributed by atoms with Crippen LogP contribution in [0, 0.1) is 11.6 Å². The average molecular weight is 335 g/mol. The van der Waals surface area contributed by atoms with E-state index in [9.17, 15) is 18.7 Å². The number of aromatic amines is 1. The number of fused-ring (bicyclic) bond motifs is 1. The Morgan fingerprint density at radius 1 is 1.38 bits per heavy atom. The Bertz CT molecular complexity index is 771. The van der Waals surface area contributed by atoms with Crippen molar-refractivity contribution in [1.29, 1.82) is 0 Å². The third-order valence-corrected chi connectivity index (χ3v) is 4.38. The summed E-state index contributed by atoms with van der Waals surface area (Å²) in [5.41, 5.74) is 0.464. The first-order chi connectivity index (χ1) is 11.4. The molecule has 128 valence electrons. The van der Waals surface area contributed by atoms with Crippen LogP contribution in [0.3, 0.4) is 0 Å². The van der Waals surface area contributed by atoms with Gasteiger partial charge in [0.2, 0.25) is 0 Å². The summed E-state index contributed by atoms with van der Waals surface area (Å²) in [6.07, 6.45) is 3.73. The van der Waals surface area contributed by atoms with Crippen LogP contribution < -0.4 is 5.32 Å². The van der Waals surface area contributed by atoms with Gasteiger partial charge in [-0.15, -0.1) is 0 Å². The first kappa shape index (κ1) is 16.6. The van der Waals surface area contributed by atoms with E-state index in [0.717, 1.165) is 43.0 Å². The molecule has 1 atom stereocenters. The molecule has 0 bridgehead atoms. The van der Waals surface area contributed by atoms with Crippen LogP contribution in [0.25, 0.3) is 0 Å². The zero-order valence-corrected chi connectivity index (χ0v) is 13.3. The summed E-state index contributed by atoms with van der Waals surface area (Å²) >= 11 is 0. The molecular weight excluding hydrogens is 316 g/mol. The van der Waals surface area contributed by atoms with Crippen molar-refractivity contribution in [3.05, 3.63) is 52.3 Å². The van der Waals surface area contributed by atoms with Crippen LogP contribution in [-0.2, 0) is 18.4 Å². The van der Waals surface area contributed by atoms with E-state index < -0.39 is 23.1 Å². The second-order valence-corrected chi connectivity index (χ2v) is 6.32. The van der Waals surface area contributed by atoms with Gasteiger partial charge in [0.05, 0.1) is 6.54 Å². The molecule has 0 fully saturated rings. The van der Waals surface area contributed by atoms with Crippen molar-refractivity contribution in [3.63, 3.8) is 0 Å². The molecule has 1 aliphatic rings. The zero-order chi connectivity index (χ0) is 17.3. The third-order valence-electron chi connectivity index (χ3n) is 4.38. The molecule has 1 aromatic carbocycles. The third kappa shape index (κ3) is 3.17. The highest BCUT2D eigenvalue weighted by atomic mass is 19.1. The summed E-state index contributed by atoms with van der Waals surface area (Å²) in [5, 5.41) is 20.0. The fourth-order valence-corrected chi connectivity index (χ4v) is 3.03. The van der Waals surface area contributed by atoms with Gasteiger partial charge in [0.15, 0.2) is 5.69 Å². The van der Waals surface area contributed by atoms with Crippen LogP contribution in [-0.4, -0.2) is 27.8 Å². The molecule has 2 aromatic rings. The zero-order valence-electron chi connectivity index (χ0n) is 13.3. The number of H-pyrrole nitrogens is 1. The lowest BCUT2D eigenvalue weighted by Gasteiger charge is -2.24. The molecule has 0 radical (unpaired) electrons. The number of nitrogens with zero attached hydrogens (tertiary/aromatic N) is 1. The van der Waals surface area contributed by atoms with Gasteiger partial charge in [-0.3, -0.25) is 9.89 Å². The lowest BCUT2D eigenvalue weighted by atomic mass is 9.94. The molecule has 1 aliphatic carbocycles. The highest BCUT2D eigenvalue weighted by Gasteiger charge is 2.29. The number of aryl methyl sites for hydroxylation is 1. The number of carbonyl (C=O) groups is 1. The summed E-state index contributed by atoms with van der Waals surface area (Å²) in [4.78, 5) is 12.3. The topological polar surface area (TPSA) is 78.0 Å². The molecule has 7 heteroatoms. The van der Waals surface area contributed by atoms with Gasteiger partial charge in [0.25, 0.3) is 5.91 Å². The minimum absolute atomic E-state index is 0.0757. The molecule has 1 aromatic heterocycles. The van der Waals surface area contributed by atoms with Gasteiger partial charge in [-0.2, -0.15) is 5.10 Å². The molecule has 0 aliphatic heterocycles. The SMILES string of the molecule is CC(O)(CNC(=O)c1n[nH]c2c1CCCC2)c1ccc(F)cc1F. The van der Waals surface area contributed by atoms with Crippen molar-refractivity contribution < 1.29 is 18.7 Å². The molecule has 3 rings (SSSR count). The van der Waals surface area contributed by atoms with Gasteiger partial charge in [-0.05, 0) is 38.7 Å². The second-order valence-electron chi connectivity index (χ2n) is 6.32. The van der Waals surface area contributed by atoms with Crippen molar-refractivity contribution >= 4 is 5.91 Å². The maximum atomic E-state index is 13.8. The Hall–Kier alpha value is -2.28. The van der Waals surface area contributed by atoms with Gasteiger partial charge in [0.1, 0.15) is 17.2 Å². The Morgan fingerprint density at radius 3 is 2.88 bits per heavy atom. The quantitative estimate of drug-likeness (QED) is 0.801. The highest BCUT2D eigenvalue weighted by molar-refractivity contribution is 5.94. The molecule has 1 unspecified atom stereocenters. The minimum Gasteiger partial charge on any atom is -0.383 e. The lowest BCUT2D eigenvalue weighted by Crippen LogP contribution is -2.39. The van der Waals surface area contributed by atoms with Gasteiger partial charge in [0, 0.05) is 22.9 Å². The molecule has 24 heavy (non-hydrogen) atoms. The van der Waals surface area contributed by atoms with Gasteiger partial charge < -0.3 is 10.4 Å². The van der Waals surface area contributed by atoms with Crippen molar-refractivity contribution in [2.75, 3.05) is 6.54 Å². The summed E-state index contributed by atoms with van der Waals surface area (Å²) < 4.78 is 26.8. The lowest BCUT2D eigenvalue weighted by molar-refractivity contribution is 0.0493. The summed E-state index contributed by atoms with van der Waals surface area (Å²) in [7, 11) is 0. The van der Waals surface area contributed by atoms with Gasteiger partial charge in [-0.25, -0.2) is 8.78 Å². The first-order valence-corrected chi connectivity index (χ1v) is 7.91. The summed E-state index contributed by atoms with van der Waals surface area (Å²) in [6.45, 7) is 1.15. The second kappa shape index (κ2) is 6.32. The Balaban J connectivity index is 1.72. The number of amides is 1. The van der Waals surface area contributed by atoms with Crippen LogP contribution in [0.5, 0.6) is 0 Å². The molecule has 1 amide bonds. The standard InChI is InChI=1S/C17H19F2N3O2/c1-17(24,12-7-6-10(18)8-13(12)19)9-20-16(23)15-11-4-2-3-5-14(11)21-22-15/h6-8,24H,2-5,9H2,1H3,(H,20,23)(H,21,22). The normalized spacial score (nSPS) is 16.3. The highest BCUT2D eigenvalue weighted by Crippen LogP contribution is 2.25. The fraction of sp³-hybridized carbons (Fsp3) is 0.412. The number of hydrogen-bond acceptors (Lipinski definition) is 3. The van der Waals surface area contributed by atoms with Crippen LogP contribution in [0.1, 0.15) is 47.1 Å². The largest absolute Gasteiger partial charge is 0.383 e. The molecule has 0 spiro atoms. The van der Waals surface area contributed by atoms with E-state index in [1.807, 2.05) is 0 Å². The summed E-state index contributed by atoms with van der Waals surface area (Å²) in [6, 6.07) is 2.95. The van der Waals surface area contributed by atoms with E-state index in [1.165, 1.54) is 13.0 Å². The van der Waals surface area contributed by atoms with E-state index in [2.05, 4.69) is 15.5 Å². The number of hydrogen-bond donors (Lipinski definition) is 3. The van der Waals surface area contributed by atoms with E-state index in [4.69, 9.17) is 0 Å². The molecule has 0 saturated carbocycles. The Morgan fingerprint density at radius 2 is 2.12 bits per heavy atom. The van der Waals surface area contributed by atoms with E-state index in [-0.39, 0.29) is 12.1 Å². The van der Waals surface area contributed by atoms with Crippen molar-refractivity contribution in [2.24, 2.45) is 0 Å². The Labute approximate surface area is 138 Å². The number of aromatic nitrogens is 2. The molecule has 3 N–H and O–H groups in total. The predicted molar refractivity (Wildman–Crippen MR) is 83.5 cm³/mol. The first-order valence-electron chi connectivity index (χ1n) is 7.91. The van der Waals surface area contributed by atoms with Crippen LogP contribution in [0.15, 0.2) is 18.2 Å². The number of rotatable bonds is 4. The smallest absolute Gasteiger partial charge is 0.272 e. The van der Waals surface area contributed by atoms with E-state index in [1.54, 1.807) is 0 Å². The van der Waals surface area contributed by atoms with Crippen molar-refractivity contribution in [3.8, 4) is 0 Å². The van der Waals surface area contributed by atoms with Crippen LogP contribution >= 0.6 is 0 Å². The van der Waals surface area contributed by atoms with Crippen molar-refractivity contribution in [1.82, 2.24) is 15.5 Å². The number of benzene rings is 1. The number of aliphatic hydroxyl groups is 1. The number of carbonyl (C=O) groups excluding carboxylic acids is 1. The maximum absolute atomic E-state index is 13.8.